The zero-order chi connectivity index (χ0) is 25.0. The van der Waals surface area contributed by atoms with Crippen LogP contribution in [-0.4, -0.2) is 57.4 Å². The third kappa shape index (κ3) is 6.02. The lowest BCUT2D eigenvalue weighted by Gasteiger charge is -2.25. The molecule has 0 aromatic heterocycles. The van der Waals surface area contributed by atoms with Gasteiger partial charge in [0.2, 0.25) is 15.4 Å². The molecule has 0 unspecified atom stereocenters. The molecule has 0 fully saturated rings. The Balaban J connectivity index is 2.23. The van der Waals surface area contributed by atoms with Gasteiger partial charge >= 0.3 is 6.18 Å². The van der Waals surface area contributed by atoms with Gasteiger partial charge in [0.25, 0.3) is 11.8 Å². The number of alkyl halides is 3. The Morgan fingerprint density at radius 2 is 1.67 bits per heavy atom. The van der Waals surface area contributed by atoms with Gasteiger partial charge in [0.1, 0.15) is 0 Å². The highest BCUT2D eigenvalue weighted by Gasteiger charge is 2.55. The summed E-state index contributed by atoms with van der Waals surface area (Å²) in [5, 5.41) is 13.5. The van der Waals surface area contributed by atoms with Gasteiger partial charge < -0.3 is 20.5 Å². The van der Waals surface area contributed by atoms with E-state index in [1.807, 2.05) is 5.32 Å². The molecule has 1 atom stereocenters. The van der Waals surface area contributed by atoms with E-state index in [2.05, 4.69) is 5.32 Å². The molecule has 2 rings (SSSR count). The number of amides is 2. The van der Waals surface area contributed by atoms with Crippen LogP contribution in [0.4, 0.5) is 18.9 Å². The van der Waals surface area contributed by atoms with Crippen molar-refractivity contribution >= 4 is 38.9 Å². The molecule has 0 spiro atoms. The summed E-state index contributed by atoms with van der Waals surface area (Å²) in [7, 11) is -2.62. The number of aliphatic hydroxyl groups is 1. The fourth-order valence-corrected chi connectivity index (χ4v) is 4.01. The number of halogens is 4. The van der Waals surface area contributed by atoms with Crippen LogP contribution in [0.15, 0.2) is 52.3 Å². The lowest BCUT2D eigenvalue weighted by Crippen LogP contribution is -2.52. The molecule has 2 aromatic carbocycles. The second-order valence-corrected chi connectivity index (χ2v) is 9.30. The average molecular weight is 509 g/mol. The van der Waals surface area contributed by atoms with Crippen molar-refractivity contribution in [1.29, 1.82) is 0 Å². The van der Waals surface area contributed by atoms with Crippen LogP contribution in [-0.2, 0) is 19.4 Å². The molecule has 0 radical (unpaired) electrons. The monoisotopic (exact) mass is 508 g/mol. The summed E-state index contributed by atoms with van der Waals surface area (Å²) in [6.07, 6.45) is -5.24. The highest BCUT2D eigenvalue weighted by molar-refractivity contribution is 7.91. The van der Waals surface area contributed by atoms with E-state index < -0.39 is 33.4 Å². The highest BCUT2D eigenvalue weighted by Crippen LogP contribution is 2.33. The summed E-state index contributed by atoms with van der Waals surface area (Å²) >= 11 is 5.95. The maximum Gasteiger partial charge on any atom is 0.426 e. The molecule has 13 heteroatoms. The first kappa shape index (κ1) is 26.6. The number of ether oxygens (including phenoxy) is 1. The molecule has 0 aliphatic rings. The van der Waals surface area contributed by atoms with Crippen LogP contribution in [0.3, 0.4) is 0 Å². The second kappa shape index (κ2) is 10.1. The van der Waals surface area contributed by atoms with Crippen LogP contribution in [0.1, 0.15) is 17.3 Å². The Morgan fingerprint density at radius 1 is 1.09 bits per heavy atom. The normalized spacial score (nSPS) is 13.8. The third-order valence-electron chi connectivity index (χ3n) is 4.51. The molecule has 0 bridgehead atoms. The zero-order valence-electron chi connectivity index (χ0n) is 17.4. The van der Waals surface area contributed by atoms with Crippen molar-refractivity contribution in [2.75, 3.05) is 25.6 Å². The quantitative estimate of drug-likeness (QED) is 0.471. The summed E-state index contributed by atoms with van der Waals surface area (Å²) in [5.74, 6) is -2.21. The van der Waals surface area contributed by atoms with Crippen molar-refractivity contribution in [3.63, 3.8) is 0 Å². The molecule has 0 aliphatic heterocycles. The number of sulfone groups is 1. The van der Waals surface area contributed by atoms with Gasteiger partial charge in [-0.2, -0.15) is 13.2 Å². The summed E-state index contributed by atoms with van der Waals surface area (Å²) < 4.78 is 68.9. The van der Waals surface area contributed by atoms with Crippen molar-refractivity contribution in [1.82, 2.24) is 5.32 Å². The minimum Gasteiger partial charge on any atom is -0.383 e. The number of rotatable bonds is 8. The molecule has 0 saturated carbocycles. The van der Waals surface area contributed by atoms with Gasteiger partial charge in [-0.15, -0.1) is 0 Å². The van der Waals surface area contributed by atoms with Crippen LogP contribution in [0, 0.1) is 0 Å². The van der Waals surface area contributed by atoms with Crippen LogP contribution >= 0.6 is 11.6 Å². The average Bonchev–Trinajstić information content (AvgIpc) is 2.74. The predicted octanol–water partition coefficient (Wildman–Crippen LogP) is 2.80. The van der Waals surface area contributed by atoms with Gasteiger partial charge in [-0.25, -0.2) is 8.42 Å². The first-order chi connectivity index (χ1) is 15.2. The minimum absolute atomic E-state index is 0.163. The van der Waals surface area contributed by atoms with E-state index in [9.17, 15) is 36.3 Å². The van der Waals surface area contributed by atoms with Gasteiger partial charge in [0, 0.05) is 19.2 Å². The van der Waals surface area contributed by atoms with Crippen LogP contribution < -0.4 is 10.6 Å². The smallest absolute Gasteiger partial charge is 0.383 e. The molecule has 0 aliphatic carbocycles. The lowest BCUT2D eigenvalue weighted by molar-refractivity contribution is -0.242. The van der Waals surface area contributed by atoms with Gasteiger partial charge in [0.05, 0.1) is 27.1 Å². The van der Waals surface area contributed by atoms with Gasteiger partial charge in [-0.1, -0.05) is 11.6 Å². The van der Waals surface area contributed by atoms with Crippen molar-refractivity contribution < 1.29 is 41.0 Å². The largest absolute Gasteiger partial charge is 0.426 e. The number of hydrogen-bond acceptors (Lipinski definition) is 6. The lowest BCUT2D eigenvalue weighted by atomic mass is 10.1. The van der Waals surface area contributed by atoms with E-state index >= 15 is 0 Å². The predicted molar refractivity (Wildman–Crippen MR) is 113 cm³/mol. The Bertz CT molecular complexity index is 1140. The molecule has 0 heterocycles. The standard InChI is InChI=1S/C20H20ClF3N2O6S/c1-19(29,20(22,23)24)18(28)26-16-8-7-14(11-15(16)21)33(30,31)13-5-3-12(4-6-13)17(27)25-9-10-32-2/h3-8,11,29H,9-10H2,1-2H3,(H,25,27)(H,26,28)/t19-/m1/s1. The maximum atomic E-state index is 12.9. The Labute approximate surface area is 192 Å². The Morgan fingerprint density at radius 3 is 2.18 bits per heavy atom. The molecule has 2 aromatic rings. The fraction of sp³-hybridized carbons (Fsp3) is 0.300. The molecular formula is C20H20ClF3N2O6S. The summed E-state index contributed by atoms with van der Waals surface area (Å²) in [6, 6.07) is 8.02. The number of benzene rings is 2. The SMILES string of the molecule is COCCNC(=O)c1ccc(S(=O)(=O)c2ccc(NC(=O)[C@@](C)(O)C(F)(F)F)c(Cl)c2)cc1. The number of nitrogens with one attached hydrogen (secondary N) is 2. The number of anilines is 1. The number of methoxy groups -OCH3 is 1. The fourth-order valence-electron chi connectivity index (χ4n) is 2.43. The highest BCUT2D eigenvalue weighted by atomic mass is 35.5. The van der Waals surface area contributed by atoms with Crippen molar-refractivity contribution in [3.8, 4) is 0 Å². The number of carbonyl (C=O) groups is 2. The first-order valence-electron chi connectivity index (χ1n) is 9.24. The molecule has 0 saturated heterocycles. The van der Waals surface area contributed by atoms with E-state index in [1.54, 1.807) is 0 Å². The van der Waals surface area contributed by atoms with E-state index in [4.69, 9.17) is 16.3 Å². The molecular weight excluding hydrogens is 489 g/mol. The summed E-state index contributed by atoms with van der Waals surface area (Å²) in [4.78, 5) is 23.3. The molecule has 180 valence electrons. The van der Waals surface area contributed by atoms with E-state index in [-0.39, 0.29) is 39.5 Å². The van der Waals surface area contributed by atoms with Gasteiger partial charge in [-0.05, 0) is 49.4 Å². The van der Waals surface area contributed by atoms with Gasteiger partial charge in [0.15, 0.2) is 0 Å². The molecule has 8 nitrogen and oxygen atoms in total. The Hall–Kier alpha value is -2.67. The van der Waals surface area contributed by atoms with Crippen molar-refractivity contribution in [2.45, 2.75) is 28.5 Å². The topological polar surface area (TPSA) is 122 Å². The first-order valence-corrected chi connectivity index (χ1v) is 11.1. The van der Waals surface area contributed by atoms with E-state index in [1.165, 1.54) is 31.4 Å². The Kier molecular flexibility index (Phi) is 8.12. The zero-order valence-corrected chi connectivity index (χ0v) is 18.9. The van der Waals surface area contributed by atoms with E-state index in [0.717, 1.165) is 18.2 Å². The van der Waals surface area contributed by atoms with Crippen LogP contribution in [0.5, 0.6) is 0 Å². The van der Waals surface area contributed by atoms with Gasteiger partial charge in [-0.3, -0.25) is 9.59 Å². The summed E-state index contributed by atoms with van der Waals surface area (Å²) in [5.41, 5.74) is -3.79. The minimum atomic E-state index is -5.24. The second-order valence-electron chi connectivity index (χ2n) is 6.94. The van der Waals surface area contributed by atoms with Crippen molar-refractivity contribution in [2.24, 2.45) is 0 Å². The number of hydrogen-bond donors (Lipinski definition) is 3. The molecule has 3 N–H and O–H groups in total. The van der Waals surface area contributed by atoms with E-state index in [0.29, 0.717) is 6.61 Å². The van der Waals surface area contributed by atoms with Crippen LogP contribution in [0.2, 0.25) is 5.02 Å². The molecule has 33 heavy (non-hydrogen) atoms. The van der Waals surface area contributed by atoms with Crippen molar-refractivity contribution in [3.05, 3.63) is 53.1 Å². The van der Waals surface area contributed by atoms with Crippen LogP contribution in [0.25, 0.3) is 0 Å². The summed E-state index contributed by atoms with van der Waals surface area (Å²) in [6.45, 7) is 0.856. The molecule has 2 amide bonds. The third-order valence-corrected chi connectivity index (χ3v) is 6.59. The number of carbonyl (C=O) groups excluding carboxylic acids is 2. The maximum absolute atomic E-state index is 12.9.